The molecule has 0 aliphatic carbocycles. The molecular formula is C13H16BrFO2. The Kier molecular flexibility index (Phi) is 4.17. The predicted molar refractivity (Wildman–Crippen MR) is 67.4 cm³/mol. The van der Waals surface area contributed by atoms with Crippen molar-refractivity contribution in [2.75, 3.05) is 19.8 Å². The second kappa shape index (κ2) is 5.46. The maximum absolute atomic E-state index is 13.3. The number of halogens is 2. The topological polar surface area (TPSA) is 29.5 Å². The summed E-state index contributed by atoms with van der Waals surface area (Å²) >= 11 is 3.29. The van der Waals surface area contributed by atoms with E-state index in [0.717, 1.165) is 22.9 Å². The third-order valence-corrected chi connectivity index (χ3v) is 3.85. The lowest BCUT2D eigenvalue weighted by molar-refractivity contribution is -0.0157. The van der Waals surface area contributed by atoms with Crippen LogP contribution in [-0.4, -0.2) is 24.9 Å². The number of aliphatic hydroxyl groups is 1. The van der Waals surface area contributed by atoms with Gasteiger partial charge in [0.1, 0.15) is 5.82 Å². The summed E-state index contributed by atoms with van der Waals surface area (Å²) in [5, 5.41) is 9.58. The summed E-state index contributed by atoms with van der Waals surface area (Å²) in [5.74, 6) is -0.241. The maximum Gasteiger partial charge on any atom is 0.124 e. The van der Waals surface area contributed by atoms with Gasteiger partial charge in [-0.15, -0.1) is 0 Å². The molecule has 1 fully saturated rings. The second-order valence-electron chi connectivity index (χ2n) is 4.72. The van der Waals surface area contributed by atoms with Gasteiger partial charge in [0.05, 0.1) is 0 Å². The Balaban J connectivity index is 2.17. The van der Waals surface area contributed by atoms with E-state index in [1.165, 1.54) is 12.1 Å². The molecule has 1 N–H and O–H groups in total. The normalized spacial score (nSPS) is 19.2. The zero-order valence-electron chi connectivity index (χ0n) is 9.59. The fourth-order valence-corrected chi connectivity index (χ4v) is 2.85. The molecule has 1 heterocycles. The van der Waals surface area contributed by atoms with E-state index in [9.17, 15) is 9.50 Å². The van der Waals surface area contributed by atoms with Gasteiger partial charge in [0.25, 0.3) is 0 Å². The van der Waals surface area contributed by atoms with Gasteiger partial charge in [0.2, 0.25) is 0 Å². The standard InChI is InChI=1S/C13H16BrFO2/c14-11-5-10(6-12(15)7-11)8-13(9-16)1-3-17-4-2-13/h5-7,16H,1-4,8-9H2. The Hall–Kier alpha value is -0.450. The Labute approximate surface area is 109 Å². The first kappa shape index (κ1) is 13.0. The van der Waals surface area contributed by atoms with Crippen LogP contribution in [0, 0.1) is 11.2 Å². The van der Waals surface area contributed by atoms with Crippen LogP contribution in [0.3, 0.4) is 0 Å². The molecule has 0 spiro atoms. The lowest BCUT2D eigenvalue weighted by Gasteiger charge is -2.35. The molecule has 0 atom stereocenters. The van der Waals surface area contributed by atoms with E-state index in [2.05, 4.69) is 15.9 Å². The summed E-state index contributed by atoms with van der Waals surface area (Å²) in [5.41, 5.74) is 0.777. The van der Waals surface area contributed by atoms with Gasteiger partial charge in [-0.3, -0.25) is 0 Å². The van der Waals surface area contributed by atoms with Gasteiger partial charge < -0.3 is 9.84 Å². The SMILES string of the molecule is OCC1(Cc2cc(F)cc(Br)c2)CCOCC1. The highest BCUT2D eigenvalue weighted by molar-refractivity contribution is 9.10. The Morgan fingerprint density at radius 1 is 1.29 bits per heavy atom. The van der Waals surface area contributed by atoms with Crippen molar-refractivity contribution in [3.63, 3.8) is 0 Å². The number of hydrogen-bond acceptors (Lipinski definition) is 2. The molecule has 94 valence electrons. The fraction of sp³-hybridized carbons (Fsp3) is 0.538. The maximum atomic E-state index is 13.3. The highest BCUT2D eigenvalue weighted by Gasteiger charge is 2.32. The summed E-state index contributed by atoms with van der Waals surface area (Å²) in [7, 11) is 0. The van der Waals surface area contributed by atoms with Gasteiger partial charge in [-0.2, -0.15) is 0 Å². The summed E-state index contributed by atoms with van der Waals surface area (Å²) in [6, 6.07) is 4.90. The van der Waals surface area contributed by atoms with E-state index in [-0.39, 0.29) is 17.8 Å². The Morgan fingerprint density at radius 2 is 2.00 bits per heavy atom. The van der Waals surface area contributed by atoms with Crippen LogP contribution in [0.25, 0.3) is 0 Å². The molecule has 1 saturated heterocycles. The van der Waals surface area contributed by atoms with Crippen molar-refractivity contribution in [2.24, 2.45) is 5.41 Å². The minimum Gasteiger partial charge on any atom is -0.396 e. The molecule has 17 heavy (non-hydrogen) atoms. The quantitative estimate of drug-likeness (QED) is 0.930. The van der Waals surface area contributed by atoms with Crippen LogP contribution >= 0.6 is 15.9 Å². The average molecular weight is 303 g/mol. The van der Waals surface area contributed by atoms with Gasteiger partial charge in [-0.1, -0.05) is 15.9 Å². The summed E-state index contributed by atoms with van der Waals surface area (Å²) in [6.07, 6.45) is 2.36. The molecule has 0 bridgehead atoms. The minimum absolute atomic E-state index is 0.129. The van der Waals surface area contributed by atoms with E-state index in [1.54, 1.807) is 0 Å². The first-order valence-electron chi connectivity index (χ1n) is 5.77. The zero-order chi connectivity index (χ0) is 12.3. The number of rotatable bonds is 3. The van der Waals surface area contributed by atoms with Gasteiger partial charge in [0, 0.05) is 29.7 Å². The lowest BCUT2D eigenvalue weighted by atomic mass is 9.76. The number of ether oxygens (including phenoxy) is 1. The second-order valence-corrected chi connectivity index (χ2v) is 5.64. The lowest BCUT2D eigenvalue weighted by Crippen LogP contribution is -2.35. The Morgan fingerprint density at radius 3 is 2.59 bits per heavy atom. The molecule has 0 aromatic heterocycles. The Bertz CT molecular complexity index is 369. The van der Waals surface area contributed by atoms with E-state index in [1.807, 2.05) is 6.07 Å². The van der Waals surface area contributed by atoms with E-state index < -0.39 is 0 Å². The number of aliphatic hydroxyl groups excluding tert-OH is 1. The van der Waals surface area contributed by atoms with Gasteiger partial charge in [-0.05, 0) is 43.0 Å². The molecule has 1 aromatic carbocycles. The molecule has 0 amide bonds. The van der Waals surface area contributed by atoms with Crippen LogP contribution in [0.15, 0.2) is 22.7 Å². The van der Waals surface area contributed by atoms with Crippen molar-refractivity contribution < 1.29 is 14.2 Å². The van der Waals surface area contributed by atoms with Crippen molar-refractivity contribution in [2.45, 2.75) is 19.3 Å². The molecular weight excluding hydrogens is 287 g/mol. The summed E-state index contributed by atoms with van der Waals surface area (Å²) < 4.78 is 19.4. The molecule has 2 nitrogen and oxygen atoms in total. The van der Waals surface area contributed by atoms with Gasteiger partial charge in [0.15, 0.2) is 0 Å². The summed E-state index contributed by atoms with van der Waals surface area (Å²) in [4.78, 5) is 0. The average Bonchev–Trinajstić information content (AvgIpc) is 2.29. The minimum atomic E-state index is -0.241. The number of benzene rings is 1. The van der Waals surface area contributed by atoms with Crippen LogP contribution in [0.2, 0.25) is 0 Å². The van der Waals surface area contributed by atoms with E-state index in [4.69, 9.17) is 4.74 Å². The van der Waals surface area contributed by atoms with Crippen LogP contribution in [0.1, 0.15) is 18.4 Å². The molecule has 2 rings (SSSR count). The van der Waals surface area contributed by atoms with Crippen molar-refractivity contribution in [3.8, 4) is 0 Å². The third kappa shape index (κ3) is 3.27. The first-order valence-corrected chi connectivity index (χ1v) is 6.56. The predicted octanol–water partition coefficient (Wildman–Crippen LogP) is 2.92. The van der Waals surface area contributed by atoms with Crippen molar-refractivity contribution >= 4 is 15.9 Å². The van der Waals surface area contributed by atoms with Crippen molar-refractivity contribution in [3.05, 3.63) is 34.1 Å². The number of hydrogen-bond donors (Lipinski definition) is 1. The van der Waals surface area contributed by atoms with Crippen LogP contribution < -0.4 is 0 Å². The highest BCUT2D eigenvalue weighted by atomic mass is 79.9. The first-order chi connectivity index (χ1) is 8.13. The van der Waals surface area contributed by atoms with E-state index >= 15 is 0 Å². The third-order valence-electron chi connectivity index (χ3n) is 3.39. The van der Waals surface area contributed by atoms with Crippen LogP contribution in [0.5, 0.6) is 0 Å². The van der Waals surface area contributed by atoms with Crippen molar-refractivity contribution in [1.29, 1.82) is 0 Å². The smallest absolute Gasteiger partial charge is 0.124 e. The fourth-order valence-electron chi connectivity index (χ4n) is 2.34. The largest absolute Gasteiger partial charge is 0.396 e. The van der Waals surface area contributed by atoms with Gasteiger partial charge in [-0.25, -0.2) is 4.39 Å². The molecule has 0 radical (unpaired) electrons. The molecule has 4 heteroatoms. The monoisotopic (exact) mass is 302 g/mol. The molecule has 1 aromatic rings. The highest BCUT2D eigenvalue weighted by Crippen LogP contribution is 2.34. The summed E-state index contributed by atoms with van der Waals surface area (Å²) in [6.45, 7) is 1.48. The van der Waals surface area contributed by atoms with Crippen molar-refractivity contribution in [1.82, 2.24) is 0 Å². The van der Waals surface area contributed by atoms with Crippen LogP contribution in [-0.2, 0) is 11.2 Å². The van der Waals surface area contributed by atoms with Crippen LogP contribution in [0.4, 0.5) is 4.39 Å². The molecule has 0 unspecified atom stereocenters. The van der Waals surface area contributed by atoms with E-state index in [0.29, 0.717) is 19.6 Å². The molecule has 1 aliphatic heterocycles. The zero-order valence-corrected chi connectivity index (χ0v) is 11.2. The molecule has 1 aliphatic rings. The van der Waals surface area contributed by atoms with Gasteiger partial charge >= 0.3 is 0 Å². The molecule has 0 saturated carbocycles.